The maximum atomic E-state index is 2.74. The van der Waals surface area contributed by atoms with Crippen LogP contribution in [-0.2, 0) is 0 Å². The van der Waals surface area contributed by atoms with E-state index in [9.17, 15) is 0 Å². The summed E-state index contributed by atoms with van der Waals surface area (Å²) in [5.74, 6) is 0.939. The summed E-state index contributed by atoms with van der Waals surface area (Å²) < 4.78 is 0. The average Bonchev–Trinajstić information content (AvgIpc) is 2.46. The highest BCUT2D eigenvalue weighted by Gasteiger charge is 2.33. The summed E-state index contributed by atoms with van der Waals surface area (Å²) >= 11 is 0. The molecule has 2 heteroatoms. The quantitative estimate of drug-likeness (QED) is 0.771. The molecule has 1 saturated carbocycles. The van der Waals surface area contributed by atoms with Crippen molar-refractivity contribution < 1.29 is 0 Å². The Balaban J connectivity index is 1.79. The third-order valence-corrected chi connectivity index (χ3v) is 6.08. The van der Waals surface area contributed by atoms with Gasteiger partial charge in [-0.3, -0.25) is 0 Å². The van der Waals surface area contributed by atoms with Crippen LogP contribution in [0.4, 0.5) is 0 Å². The molecule has 0 aromatic heterocycles. The van der Waals surface area contributed by atoms with Crippen molar-refractivity contribution in [1.29, 1.82) is 0 Å². The van der Waals surface area contributed by atoms with Crippen molar-refractivity contribution in [1.82, 2.24) is 9.80 Å². The second-order valence-electron chi connectivity index (χ2n) is 8.20. The Kier molecular flexibility index (Phi) is 5.53. The zero-order chi connectivity index (χ0) is 14.8. The van der Waals surface area contributed by atoms with E-state index in [2.05, 4.69) is 44.5 Å². The first kappa shape index (κ1) is 16.3. The lowest BCUT2D eigenvalue weighted by Crippen LogP contribution is -2.48. The maximum absolute atomic E-state index is 2.74. The average molecular weight is 280 g/mol. The van der Waals surface area contributed by atoms with E-state index >= 15 is 0 Å². The molecule has 2 rings (SSSR count). The summed E-state index contributed by atoms with van der Waals surface area (Å²) in [5.41, 5.74) is 0.510. The van der Waals surface area contributed by atoms with Crippen molar-refractivity contribution in [2.45, 2.75) is 78.3 Å². The van der Waals surface area contributed by atoms with E-state index < -0.39 is 0 Å². The lowest BCUT2D eigenvalue weighted by molar-refractivity contribution is 0.0570. The largest absolute Gasteiger partial charge is 0.303 e. The van der Waals surface area contributed by atoms with Gasteiger partial charge in [-0.15, -0.1) is 0 Å². The molecular formula is C18H36N2. The SMILES string of the molecule is CCN1CCC(N(C)C2CCC(C(C)(C)C)CC2)CC1. The molecule has 118 valence electrons. The molecule has 20 heavy (non-hydrogen) atoms. The molecule has 2 fully saturated rings. The van der Waals surface area contributed by atoms with Crippen LogP contribution in [-0.4, -0.2) is 48.6 Å². The number of piperidine rings is 1. The van der Waals surface area contributed by atoms with Crippen LogP contribution in [0.1, 0.15) is 66.2 Å². The fraction of sp³-hybridized carbons (Fsp3) is 1.00. The topological polar surface area (TPSA) is 6.48 Å². The molecule has 0 aromatic carbocycles. The van der Waals surface area contributed by atoms with Crippen molar-refractivity contribution in [2.75, 3.05) is 26.7 Å². The standard InChI is InChI=1S/C18H36N2/c1-6-20-13-11-17(12-14-20)19(5)16-9-7-15(8-10-16)18(2,3)4/h15-17H,6-14H2,1-5H3. The van der Waals surface area contributed by atoms with Gasteiger partial charge in [0, 0.05) is 12.1 Å². The van der Waals surface area contributed by atoms with Gasteiger partial charge in [-0.2, -0.15) is 0 Å². The molecule has 0 unspecified atom stereocenters. The van der Waals surface area contributed by atoms with Gasteiger partial charge in [0.25, 0.3) is 0 Å². The summed E-state index contributed by atoms with van der Waals surface area (Å²) in [6, 6.07) is 1.70. The van der Waals surface area contributed by atoms with Crippen LogP contribution < -0.4 is 0 Å². The maximum Gasteiger partial charge on any atom is 0.0119 e. The van der Waals surface area contributed by atoms with Gasteiger partial charge in [-0.1, -0.05) is 27.7 Å². The van der Waals surface area contributed by atoms with E-state index in [0.29, 0.717) is 5.41 Å². The van der Waals surface area contributed by atoms with E-state index in [4.69, 9.17) is 0 Å². The minimum atomic E-state index is 0.510. The minimum absolute atomic E-state index is 0.510. The zero-order valence-electron chi connectivity index (χ0n) is 14.5. The summed E-state index contributed by atoms with van der Waals surface area (Å²) in [6.45, 7) is 13.4. The molecule has 0 aromatic rings. The number of hydrogen-bond acceptors (Lipinski definition) is 2. The summed E-state index contributed by atoms with van der Waals surface area (Å²) in [5, 5.41) is 0. The van der Waals surface area contributed by atoms with Gasteiger partial charge in [0.1, 0.15) is 0 Å². The van der Waals surface area contributed by atoms with Crippen molar-refractivity contribution in [3.05, 3.63) is 0 Å². The number of nitrogens with zero attached hydrogens (tertiary/aromatic N) is 2. The van der Waals surface area contributed by atoms with Crippen LogP contribution in [0.5, 0.6) is 0 Å². The van der Waals surface area contributed by atoms with Crippen LogP contribution in [0.2, 0.25) is 0 Å². The predicted octanol–water partition coefficient (Wildman–Crippen LogP) is 4.01. The van der Waals surface area contributed by atoms with E-state index in [1.807, 2.05) is 0 Å². The second-order valence-corrected chi connectivity index (χ2v) is 8.20. The van der Waals surface area contributed by atoms with Crippen molar-refractivity contribution in [3.8, 4) is 0 Å². The molecule has 0 N–H and O–H groups in total. The van der Waals surface area contributed by atoms with Gasteiger partial charge in [-0.25, -0.2) is 0 Å². The van der Waals surface area contributed by atoms with E-state index in [0.717, 1.165) is 18.0 Å². The van der Waals surface area contributed by atoms with Crippen LogP contribution >= 0.6 is 0 Å². The molecule has 1 heterocycles. The Morgan fingerprint density at radius 3 is 1.85 bits per heavy atom. The normalized spacial score (nSPS) is 30.9. The fourth-order valence-electron chi connectivity index (χ4n) is 4.29. The molecule has 0 radical (unpaired) electrons. The highest BCUT2D eigenvalue weighted by Crippen LogP contribution is 2.39. The van der Waals surface area contributed by atoms with Gasteiger partial charge >= 0.3 is 0 Å². The van der Waals surface area contributed by atoms with E-state index in [-0.39, 0.29) is 0 Å². The first-order valence-electron chi connectivity index (χ1n) is 8.86. The third kappa shape index (κ3) is 3.98. The Labute approximate surface area is 126 Å². The second kappa shape index (κ2) is 6.79. The Morgan fingerprint density at radius 1 is 0.900 bits per heavy atom. The van der Waals surface area contributed by atoms with Crippen LogP contribution in [0.3, 0.4) is 0 Å². The number of rotatable bonds is 3. The van der Waals surface area contributed by atoms with Gasteiger partial charge in [-0.05, 0) is 76.5 Å². The zero-order valence-corrected chi connectivity index (χ0v) is 14.5. The van der Waals surface area contributed by atoms with Gasteiger partial charge in [0.2, 0.25) is 0 Å². The van der Waals surface area contributed by atoms with Crippen LogP contribution in [0.15, 0.2) is 0 Å². The Hall–Kier alpha value is -0.0800. The molecule has 1 aliphatic heterocycles. The summed E-state index contributed by atoms with van der Waals surface area (Å²) in [4.78, 5) is 5.34. The lowest BCUT2D eigenvalue weighted by Gasteiger charge is -2.44. The summed E-state index contributed by atoms with van der Waals surface area (Å²) in [7, 11) is 2.40. The molecule has 0 atom stereocenters. The molecule has 1 aliphatic carbocycles. The monoisotopic (exact) mass is 280 g/mol. The molecular weight excluding hydrogens is 244 g/mol. The predicted molar refractivity (Wildman–Crippen MR) is 88.1 cm³/mol. The van der Waals surface area contributed by atoms with Gasteiger partial charge in [0.15, 0.2) is 0 Å². The van der Waals surface area contributed by atoms with Crippen molar-refractivity contribution in [3.63, 3.8) is 0 Å². The lowest BCUT2D eigenvalue weighted by atomic mass is 9.71. The van der Waals surface area contributed by atoms with Crippen molar-refractivity contribution >= 4 is 0 Å². The first-order chi connectivity index (χ1) is 9.41. The molecule has 0 bridgehead atoms. The Morgan fingerprint density at radius 2 is 1.40 bits per heavy atom. The number of likely N-dealkylation sites (tertiary alicyclic amines) is 1. The summed E-state index contributed by atoms with van der Waals surface area (Å²) in [6.07, 6.45) is 8.48. The number of hydrogen-bond donors (Lipinski definition) is 0. The van der Waals surface area contributed by atoms with E-state index in [1.165, 1.54) is 58.2 Å². The minimum Gasteiger partial charge on any atom is -0.303 e. The Bertz CT molecular complexity index is 278. The highest BCUT2D eigenvalue weighted by molar-refractivity contribution is 4.87. The fourth-order valence-corrected chi connectivity index (χ4v) is 4.29. The van der Waals surface area contributed by atoms with Gasteiger partial charge in [0.05, 0.1) is 0 Å². The molecule has 2 aliphatic rings. The van der Waals surface area contributed by atoms with E-state index in [1.54, 1.807) is 0 Å². The van der Waals surface area contributed by atoms with Crippen LogP contribution in [0, 0.1) is 11.3 Å². The van der Waals surface area contributed by atoms with Crippen molar-refractivity contribution in [2.24, 2.45) is 11.3 Å². The molecule has 1 saturated heterocycles. The van der Waals surface area contributed by atoms with Gasteiger partial charge < -0.3 is 9.80 Å². The molecule has 0 spiro atoms. The third-order valence-electron chi connectivity index (χ3n) is 6.08. The molecule has 0 amide bonds. The smallest absolute Gasteiger partial charge is 0.0119 e. The first-order valence-corrected chi connectivity index (χ1v) is 8.86. The molecule has 2 nitrogen and oxygen atoms in total. The van der Waals surface area contributed by atoms with Crippen LogP contribution in [0.25, 0.3) is 0 Å². The highest BCUT2D eigenvalue weighted by atomic mass is 15.2.